The summed E-state index contributed by atoms with van der Waals surface area (Å²) < 4.78 is 16.9. The van der Waals surface area contributed by atoms with E-state index in [4.69, 9.17) is 14.2 Å². The van der Waals surface area contributed by atoms with E-state index in [1.807, 2.05) is 0 Å². The Kier molecular flexibility index (Phi) is 53.7. The number of carbonyl (C=O) groups excluding carboxylic acids is 3. The van der Waals surface area contributed by atoms with Crippen molar-refractivity contribution >= 4 is 17.9 Å². The summed E-state index contributed by atoms with van der Waals surface area (Å²) in [5.74, 6) is -0.863. The van der Waals surface area contributed by atoms with Gasteiger partial charge in [0.25, 0.3) is 0 Å². The molecular weight excluding hydrogens is 817 g/mol. The normalized spacial score (nSPS) is 12.1. The molecule has 0 aliphatic heterocycles. The maximum Gasteiger partial charge on any atom is 0.306 e. The maximum absolute atomic E-state index is 12.9. The van der Waals surface area contributed by atoms with Crippen molar-refractivity contribution < 1.29 is 28.6 Å². The van der Waals surface area contributed by atoms with Gasteiger partial charge in [-0.2, -0.15) is 0 Å². The summed E-state index contributed by atoms with van der Waals surface area (Å²) >= 11 is 0. The van der Waals surface area contributed by atoms with Crippen LogP contribution in [0.3, 0.4) is 0 Å². The van der Waals surface area contributed by atoms with E-state index in [0.717, 1.165) is 64.2 Å². The highest BCUT2D eigenvalue weighted by molar-refractivity contribution is 5.71. The zero-order chi connectivity index (χ0) is 47.9. The van der Waals surface area contributed by atoms with Gasteiger partial charge in [0.2, 0.25) is 0 Å². The molecule has 0 saturated heterocycles. The number of rotatable bonds is 54. The smallest absolute Gasteiger partial charge is 0.306 e. The molecule has 0 spiro atoms. The third kappa shape index (κ3) is 52.9. The lowest BCUT2D eigenvalue weighted by molar-refractivity contribution is -0.167. The van der Waals surface area contributed by atoms with Crippen LogP contribution in [0.1, 0.15) is 323 Å². The Bertz CT molecular complexity index is 1070. The molecule has 6 heteroatoms. The van der Waals surface area contributed by atoms with Crippen molar-refractivity contribution in [3.8, 4) is 0 Å². The molecule has 0 saturated carbocycles. The molecule has 1 atom stereocenters. The molecule has 66 heavy (non-hydrogen) atoms. The number of allylic oxidation sites excluding steroid dienone is 4. The second-order valence-corrected chi connectivity index (χ2v) is 19.9. The molecule has 1 unspecified atom stereocenters. The van der Waals surface area contributed by atoms with E-state index in [1.165, 1.54) is 218 Å². The van der Waals surface area contributed by atoms with Crippen LogP contribution >= 0.6 is 0 Å². The molecule has 0 aliphatic carbocycles. The Morgan fingerprint density at radius 3 is 0.758 bits per heavy atom. The second-order valence-electron chi connectivity index (χ2n) is 19.9. The molecule has 0 fully saturated rings. The molecule has 0 aromatic carbocycles. The van der Waals surface area contributed by atoms with E-state index in [9.17, 15) is 14.4 Å². The minimum Gasteiger partial charge on any atom is -0.462 e. The van der Waals surface area contributed by atoms with E-state index in [2.05, 4.69) is 45.1 Å². The number of unbranched alkanes of at least 4 members (excludes halogenated alkanes) is 39. The van der Waals surface area contributed by atoms with E-state index in [0.29, 0.717) is 19.3 Å². The third-order valence-corrected chi connectivity index (χ3v) is 13.2. The minimum absolute atomic E-state index is 0.0718. The van der Waals surface area contributed by atoms with Gasteiger partial charge in [-0.05, 0) is 70.6 Å². The minimum atomic E-state index is -0.772. The fourth-order valence-electron chi connectivity index (χ4n) is 8.73. The van der Waals surface area contributed by atoms with E-state index in [1.54, 1.807) is 0 Å². The molecule has 0 radical (unpaired) electrons. The van der Waals surface area contributed by atoms with E-state index < -0.39 is 6.10 Å². The Hall–Kier alpha value is -2.11. The van der Waals surface area contributed by atoms with Crippen molar-refractivity contribution in [2.45, 2.75) is 329 Å². The standard InChI is InChI=1S/C60H112O6/c1-4-7-10-13-16-19-22-25-28-30-31-33-35-38-41-44-47-50-53-59(62)65-56-57(55-64-58(61)52-49-46-43-40-37-34-27-24-21-18-15-12-9-6-3)66-60(63)54-51-48-45-42-39-36-32-29-26-23-20-17-14-11-8-5-2/h24,27-28,30,57H,4-23,25-26,29,31-56H2,1-3H3/b27-24-,30-28-. The van der Waals surface area contributed by atoms with E-state index in [-0.39, 0.29) is 31.1 Å². The van der Waals surface area contributed by atoms with Crippen LogP contribution in [-0.4, -0.2) is 37.2 Å². The van der Waals surface area contributed by atoms with Crippen LogP contribution in [0.4, 0.5) is 0 Å². The van der Waals surface area contributed by atoms with Crippen LogP contribution < -0.4 is 0 Å². The SMILES string of the molecule is CCCCCCC/C=C\CCCCCCCC(=O)OCC(COC(=O)CCCCCCCCC/C=C\CCCCCCCCC)OC(=O)CCCCCCCCCCCCCCCCCC. The lowest BCUT2D eigenvalue weighted by Gasteiger charge is -2.18. The number of hydrogen-bond donors (Lipinski definition) is 0. The molecule has 0 aliphatic rings. The monoisotopic (exact) mass is 929 g/mol. The third-order valence-electron chi connectivity index (χ3n) is 13.2. The van der Waals surface area contributed by atoms with Gasteiger partial charge >= 0.3 is 17.9 Å². The van der Waals surface area contributed by atoms with Crippen LogP contribution in [0.5, 0.6) is 0 Å². The van der Waals surface area contributed by atoms with Gasteiger partial charge in [-0.3, -0.25) is 14.4 Å². The lowest BCUT2D eigenvalue weighted by atomic mass is 10.0. The first kappa shape index (κ1) is 63.9. The summed E-state index contributed by atoms with van der Waals surface area (Å²) in [7, 11) is 0. The zero-order valence-electron chi connectivity index (χ0n) is 44.5. The van der Waals surface area contributed by atoms with Crippen LogP contribution in [0.15, 0.2) is 24.3 Å². The van der Waals surface area contributed by atoms with Gasteiger partial charge in [0, 0.05) is 19.3 Å². The lowest BCUT2D eigenvalue weighted by Crippen LogP contribution is -2.30. The average Bonchev–Trinajstić information content (AvgIpc) is 3.31. The summed E-state index contributed by atoms with van der Waals surface area (Å²) in [6.07, 6.45) is 64.5. The first-order valence-electron chi connectivity index (χ1n) is 29.3. The molecule has 0 bridgehead atoms. The summed E-state index contributed by atoms with van der Waals surface area (Å²) in [4.78, 5) is 38.1. The van der Waals surface area contributed by atoms with Crippen molar-refractivity contribution in [1.82, 2.24) is 0 Å². The highest BCUT2D eigenvalue weighted by atomic mass is 16.6. The quantitative estimate of drug-likeness (QED) is 0.0262. The molecule has 6 nitrogen and oxygen atoms in total. The van der Waals surface area contributed by atoms with E-state index >= 15 is 0 Å². The van der Waals surface area contributed by atoms with Gasteiger partial charge in [-0.1, -0.05) is 257 Å². The fraction of sp³-hybridized carbons (Fsp3) is 0.883. The number of ether oxygens (including phenoxy) is 3. The average molecular weight is 930 g/mol. The van der Waals surface area contributed by atoms with Gasteiger partial charge in [0.1, 0.15) is 13.2 Å². The van der Waals surface area contributed by atoms with Crippen molar-refractivity contribution in [2.75, 3.05) is 13.2 Å². The van der Waals surface area contributed by atoms with Gasteiger partial charge in [0.05, 0.1) is 0 Å². The number of hydrogen-bond acceptors (Lipinski definition) is 6. The molecule has 0 aromatic heterocycles. The van der Waals surface area contributed by atoms with Gasteiger partial charge in [-0.15, -0.1) is 0 Å². The van der Waals surface area contributed by atoms with Crippen molar-refractivity contribution in [1.29, 1.82) is 0 Å². The molecule has 388 valence electrons. The molecular formula is C60H112O6. The van der Waals surface area contributed by atoms with Crippen LogP contribution in [0.25, 0.3) is 0 Å². The first-order valence-corrected chi connectivity index (χ1v) is 29.3. The molecule has 0 rings (SSSR count). The predicted octanol–water partition coefficient (Wildman–Crippen LogP) is 19.5. The number of carbonyl (C=O) groups is 3. The molecule has 0 heterocycles. The summed E-state index contributed by atoms with van der Waals surface area (Å²) in [6, 6.07) is 0. The maximum atomic E-state index is 12.9. The molecule has 0 N–H and O–H groups in total. The largest absolute Gasteiger partial charge is 0.462 e. The van der Waals surface area contributed by atoms with Gasteiger partial charge < -0.3 is 14.2 Å². The highest BCUT2D eigenvalue weighted by Gasteiger charge is 2.19. The van der Waals surface area contributed by atoms with Crippen molar-refractivity contribution in [2.24, 2.45) is 0 Å². The van der Waals surface area contributed by atoms with Crippen molar-refractivity contribution in [3.05, 3.63) is 24.3 Å². The Labute approximate surface area is 411 Å². The van der Waals surface area contributed by atoms with Crippen molar-refractivity contribution in [3.63, 3.8) is 0 Å². The van der Waals surface area contributed by atoms with Crippen LogP contribution in [0, 0.1) is 0 Å². The summed E-state index contributed by atoms with van der Waals surface area (Å²) in [5.41, 5.74) is 0. The summed E-state index contributed by atoms with van der Waals surface area (Å²) in [6.45, 7) is 6.67. The van der Waals surface area contributed by atoms with Crippen LogP contribution in [-0.2, 0) is 28.6 Å². The Morgan fingerprint density at radius 1 is 0.288 bits per heavy atom. The van der Waals surface area contributed by atoms with Gasteiger partial charge in [0.15, 0.2) is 6.10 Å². The predicted molar refractivity (Wildman–Crippen MR) is 284 cm³/mol. The Balaban J connectivity index is 4.33. The zero-order valence-corrected chi connectivity index (χ0v) is 44.5. The Morgan fingerprint density at radius 2 is 0.500 bits per heavy atom. The first-order chi connectivity index (χ1) is 32.5. The number of esters is 3. The summed E-state index contributed by atoms with van der Waals surface area (Å²) in [5, 5.41) is 0. The molecule has 0 aromatic rings. The second kappa shape index (κ2) is 55.5. The molecule has 0 amide bonds. The van der Waals surface area contributed by atoms with Gasteiger partial charge in [-0.25, -0.2) is 0 Å². The highest BCUT2D eigenvalue weighted by Crippen LogP contribution is 2.17. The topological polar surface area (TPSA) is 78.9 Å². The fourth-order valence-corrected chi connectivity index (χ4v) is 8.73. The van der Waals surface area contributed by atoms with Crippen LogP contribution in [0.2, 0.25) is 0 Å².